The highest BCUT2D eigenvalue weighted by Gasteiger charge is 2.45. The van der Waals surface area contributed by atoms with Gasteiger partial charge in [-0.25, -0.2) is 4.39 Å². The lowest BCUT2D eigenvalue weighted by atomic mass is 9.95. The first-order valence-electron chi connectivity index (χ1n) is 14.2. The van der Waals surface area contributed by atoms with E-state index in [0.29, 0.717) is 51.0 Å². The molecule has 4 aromatic rings. The Balaban J connectivity index is 1.17. The first-order chi connectivity index (χ1) is 19.5. The number of rotatable bonds is 6. The quantitative estimate of drug-likeness (QED) is 0.343. The van der Waals surface area contributed by atoms with Crippen LogP contribution in [0.1, 0.15) is 38.5 Å². The van der Waals surface area contributed by atoms with E-state index in [2.05, 4.69) is 15.1 Å². The van der Waals surface area contributed by atoms with E-state index in [9.17, 15) is 9.50 Å². The SMILES string of the molecule is Oc1cc(Oc2nc3c(N4CC5CCC(C4)N5)nc(OCC45CCCN4CCC5)nc3s2)c2c(F)cccc2c1. The molecule has 2 bridgehead atoms. The third-order valence-electron chi connectivity index (χ3n) is 9.07. The number of nitrogens with zero attached hydrogens (tertiary/aromatic N) is 5. The van der Waals surface area contributed by atoms with Gasteiger partial charge in [0.2, 0.25) is 0 Å². The van der Waals surface area contributed by atoms with Gasteiger partial charge in [-0.3, -0.25) is 4.90 Å². The molecule has 2 aromatic carbocycles. The molecule has 2 N–H and O–H groups in total. The van der Waals surface area contributed by atoms with Gasteiger partial charge in [0.25, 0.3) is 5.19 Å². The molecule has 9 nitrogen and oxygen atoms in total. The number of aromatic hydroxyl groups is 1. The van der Waals surface area contributed by atoms with Gasteiger partial charge in [-0.2, -0.15) is 15.0 Å². The summed E-state index contributed by atoms with van der Waals surface area (Å²) >= 11 is 1.28. The number of hydrogen-bond acceptors (Lipinski definition) is 10. The van der Waals surface area contributed by atoms with Crippen LogP contribution in [0, 0.1) is 5.82 Å². The van der Waals surface area contributed by atoms with Crippen LogP contribution in [-0.4, -0.2) is 75.4 Å². The molecule has 0 radical (unpaired) electrons. The molecule has 2 aromatic heterocycles. The van der Waals surface area contributed by atoms with Gasteiger partial charge in [0.1, 0.15) is 29.4 Å². The van der Waals surface area contributed by atoms with E-state index in [1.54, 1.807) is 12.1 Å². The van der Waals surface area contributed by atoms with Crippen molar-refractivity contribution in [2.45, 2.75) is 56.1 Å². The molecule has 4 aliphatic heterocycles. The smallest absolute Gasteiger partial charge is 0.319 e. The first-order valence-corrected chi connectivity index (χ1v) is 15.0. The van der Waals surface area contributed by atoms with Crippen molar-refractivity contribution < 1.29 is 19.0 Å². The third kappa shape index (κ3) is 4.13. The Morgan fingerprint density at radius 1 is 1.07 bits per heavy atom. The molecule has 0 amide bonds. The summed E-state index contributed by atoms with van der Waals surface area (Å²) in [5.41, 5.74) is 0.745. The van der Waals surface area contributed by atoms with Gasteiger partial charge in [0, 0.05) is 31.2 Å². The fourth-order valence-electron chi connectivity index (χ4n) is 7.23. The molecule has 4 fully saturated rings. The summed E-state index contributed by atoms with van der Waals surface area (Å²) in [7, 11) is 0. The van der Waals surface area contributed by atoms with Crippen LogP contribution < -0.4 is 19.7 Å². The van der Waals surface area contributed by atoms with Gasteiger partial charge < -0.3 is 24.8 Å². The second kappa shape index (κ2) is 9.39. The minimum absolute atomic E-state index is 0.00563. The highest BCUT2D eigenvalue weighted by molar-refractivity contribution is 7.19. The molecule has 0 saturated carbocycles. The van der Waals surface area contributed by atoms with Crippen LogP contribution in [0.3, 0.4) is 0 Å². The molecule has 11 heteroatoms. The summed E-state index contributed by atoms with van der Waals surface area (Å²) in [4.78, 5) is 20.0. The van der Waals surface area contributed by atoms with Gasteiger partial charge in [-0.15, -0.1) is 0 Å². The minimum atomic E-state index is -0.423. The number of piperazine rings is 1. The Labute approximate surface area is 234 Å². The first kappa shape index (κ1) is 24.5. The summed E-state index contributed by atoms with van der Waals surface area (Å²) in [6.07, 6.45) is 7.01. The maximum Gasteiger partial charge on any atom is 0.319 e. The average molecular weight is 563 g/mol. The minimum Gasteiger partial charge on any atom is -0.508 e. The van der Waals surface area contributed by atoms with E-state index in [1.165, 1.54) is 42.4 Å². The van der Waals surface area contributed by atoms with Crippen molar-refractivity contribution in [2.75, 3.05) is 37.7 Å². The van der Waals surface area contributed by atoms with Gasteiger partial charge in [-0.05, 0) is 69.1 Å². The van der Waals surface area contributed by atoms with Crippen molar-refractivity contribution in [1.82, 2.24) is 25.2 Å². The molecular weight excluding hydrogens is 531 g/mol. The molecule has 4 saturated heterocycles. The number of benzene rings is 2. The Bertz CT molecular complexity index is 1590. The summed E-state index contributed by atoms with van der Waals surface area (Å²) in [5, 5.41) is 15.1. The number of fused-ring (bicyclic) bond motifs is 5. The maximum atomic E-state index is 14.8. The second-order valence-electron chi connectivity index (χ2n) is 11.6. The van der Waals surface area contributed by atoms with E-state index in [-0.39, 0.29) is 17.0 Å². The highest BCUT2D eigenvalue weighted by atomic mass is 32.1. The zero-order valence-corrected chi connectivity index (χ0v) is 22.9. The maximum absolute atomic E-state index is 14.8. The van der Waals surface area contributed by atoms with E-state index in [1.807, 2.05) is 0 Å². The van der Waals surface area contributed by atoms with Crippen molar-refractivity contribution in [2.24, 2.45) is 0 Å². The average Bonchev–Trinajstić information content (AvgIpc) is 3.69. The summed E-state index contributed by atoms with van der Waals surface area (Å²) in [6.45, 7) is 4.54. The number of nitrogens with one attached hydrogen (secondary N) is 1. The molecule has 8 rings (SSSR count). The molecule has 0 spiro atoms. The monoisotopic (exact) mass is 562 g/mol. The summed E-state index contributed by atoms with van der Waals surface area (Å²) in [6, 6.07) is 8.88. The number of phenolic OH excluding ortho intramolecular Hbond substituents is 1. The second-order valence-corrected chi connectivity index (χ2v) is 12.5. The molecule has 2 atom stereocenters. The molecule has 0 aliphatic carbocycles. The molecule has 6 heterocycles. The molecule has 40 heavy (non-hydrogen) atoms. The lowest BCUT2D eigenvalue weighted by Gasteiger charge is -2.34. The predicted octanol–water partition coefficient (Wildman–Crippen LogP) is 4.82. The normalized spacial score (nSPS) is 23.8. The Morgan fingerprint density at radius 2 is 1.88 bits per heavy atom. The topological polar surface area (TPSA) is 95.9 Å². The zero-order chi connectivity index (χ0) is 26.8. The molecule has 2 unspecified atom stereocenters. The van der Waals surface area contributed by atoms with Gasteiger partial charge in [0.05, 0.1) is 10.9 Å². The molecular formula is C29H31FN6O3S. The third-order valence-corrected chi connectivity index (χ3v) is 9.90. The van der Waals surface area contributed by atoms with E-state index in [0.717, 1.165) is 57.7 Å². The molecule has 208 valence electrons. The highest BCUT2D eigenvalue weighted by Crippen LogP contribution is 2.42. The van der Waals surface area contributed by atoms with Gasteiger partial charge in [0.15, 0.2) is 10.6 Å². The van der Waals surface area contributed by atoms with Gasteiger partial charge >= 0.3 is 6.01 Å². The summed E-state index contributed by atoms with van der Waals surface area (Å²) in [5.74, 6) is 0.533. The largest absolute Gasteiger partial charge is 0.508 e. The molecule has 4 aliphatic rings. The Morgan fingerprint density at radius 3 is 2.67 bits per heavy atom. The van der Waals surface area contributed by atoms with Crippen LogP contribution in [0.25, 0.3) is 21.1 Å². The number of hydrogen-bond donors (Lipinski definition) is 2. The lowest BCUT2D eigenvalue weighted by molar-refractivity contribution is 0.108. The van der Waals surface area contributed by atoms with Crippen LogP contribution >= 0.6 is 11.3 Å². The van der Waals surface area contributed by atoms with Crippen molar-refractivity contribution >= 4 is 38.3 Å². The van der Waals surface area contributed by atoms with Crippen LogP contribution in [0.15, 0.2) is 30.3 Å². The van der Waals surface area contributed by atoms with Crippen LogP contribution in [0.5, 0.6) is 22.7 Å². The van der Waals surface area contributed by atoms with E-state index >= 15 is 0 Å². The standard InChI is InChI=1S/C29H31FN6O3S/c30-21-5-1-4-17-12-20(37)13-22(23(17)21)39-28-32-24-25(35-14-18-6-7-19(15-35)31-18)33-27(34-26(24)40-28)38-16-29-8-2-10-36(29)11-3-9-29/h1,4-5,12-13,18-19,31,37H,2-3,6-11,14-16H2. The van der Waals surface area contributed by atoms with Crippen molar-refractivity contribution in [3.63, 3.8) is 0 Å². The van der Waals surface area contributed by atoms with Crippen molar-refractivity contribution in [3.05, 3.63) is 36.1 Å². The van der Waals surface area contributed by atoms with Crippen molar-refractivity contribution in [3.8, 4) is 22.7 Å². The van der Waals surface area contributed by atoms with Crippen LogP contribution in [0.4, 0.5) is 10.2 Å². The van der Waals surface area contributed by atoms with Crippen molar-refractivity contribution in [1.29, 1.82) is 0 Å². The predicted molar refractivity (Wildman–Crippen MR) is 151 cm³/mol. The number of phenols is 1. The van der Waals surface area contributed by atoms with Crippen LogP contribution in [-0.2, 0) is 0 Å². The number of aromatic nitrogens is 3. The van der Waals surface area contributed by atoms with E-state index in [4.69, 9.17) is 24.4 Å². The zero-order valence-electron chi connectivity index (χ0n) is 22.1. The fourth-order valence-corrected chi connectivity index (χ4v) is 8.02. The Kier molecular flexibility index (Phi) is 5.75. The fraction of sp³-hybridized carbons (Fsp3) is 0.483. The summed E-state index contributed by atoms with van der Waals surface area (Å²) < 4.78 is 27.3. The lowest BCUT2D eigenvalue weighted by Crippen LogP contribution is -2.51. The van der Waals surface area contributed by atoms with E-state index < -0.39 is 5.82 Å². The number of ether oxygens (including phenoxy) is 2. The number of thiazole rings is 1. The van der Waals surface area contributed by atoms with Crippen LogP contribution in [0.2, 0.25) is 0 Å². The van der Waals surface area contributed by atoms with Gasteiger partial charge in [-0.1, -0.05) is 23.5 Å². The number of anilines is 1. The Hall–Kier alpha value is -3.28. The number of halogens is 1.